The zero-order valence-corrected chi connectivity index (χ0v) is 21.1. The molecular weight excluding hydrogens is 466 g/mol. The van der Waals surface area contributed by atoms with E-state index >= 15 is 0 Å². The van der Waals surface area contributed by atoms with E-state index in [0.717, 1.165) is 17.1 Å². The first-order chi connectivity index (χ1) is 17.3. The van der Waals surface area contributed by atoms with Crippen molar-refractivity contribution in [3.63, 3.8) is 0 Å². The lowest BCUT2D eigenvalue weighted by molar-refractivity contribution is 0.0841. The molecule has 4 aromatic carbocycles. The molecule has 0 saturated carbocycles. The van der Waals surface area contributed by atoms with Crippen molar-refractivity contribution in [3.05, 3.63) is 144 Å². The summed E-state index contributed by atoms with van der Waals surface area (Å²) < 4.78 is -0.321. The molecule has 174 valence electrons. The Labute approximate surface area is 215 Å². The van der Waals surface area contributed by atoms with Crippen LogP contribution in [0.2, 0.25) is 0 Å². The van der Waals surface area contributed by atoms with Gasteiger partial charge in [0.1, 0.15) is 9.62 Å². The van der Waals surface area contributed by atoms with Crippen LogP contribution in [0.25, 0.3) is 0 Å². The number of amides is 1. The molecule has 2 atom stereocenters. The van der Waals surface area contributed by atoms with Gasteiger partial charge in [-0.15, -0.1) is 23.5 Å². The van der Waals surface area contributed by atoms with Gasteiger partial charge in [-0.3, -0.25) is 4.79 Å². The molecule has 2 aliphatic rings. The number of benzene rings is 4. The van der Waals surface area contributed by atoms with E-state index in [2.05, 4.69) is 95.9 Å². The molecule has 0 spiro atoms. The monoisotopic (exact) mass is 493 g/mol. The lowest BCUT2D eigenvalue weighted by atomic mass is 9.84. The van der Waals surface area contributed by atoms with Crippen LogP contribution in [0.15, 0.2) is 121 Å². The number of rotatable bonds is 5. The lowest BCUT2D eigenvalue weighted by Crippen LogP contribution is -2.42. The Morgan fingerprint density at radius 2 is 1.14 bits per heavy atom. The molecule has 0 aromatic heterocycles. The zero-order valence-electron chi connectivity index (χ0n) is 19.4. The molecule has 2 heterocycles. The quantitative estimate of drug-likeness (QED) is 0.268. The smallest absolute Gasteiger partial charge is 0.255 e. The molecule has 0 aliphatic carbocycles. The molecule has 2 nitrogen and oxygen atoms in total. The number of hydrogen-bond acceptors (Lipinski definition) is 3. The zero-order chi connectivity index (χ0) is 23.7. The maximum absolute atomic E-state index is 14.3. The fraction of sp³-hybridized carbons (Fsp3) is 0.194. The van der Waals surface area contributed by atoms with E-state index < -0.39 is 5.54 Å². The Kier molecular flexibility index (Phi) is 5.95. The van der Waals surface area contributed by atoms with Gasteiger partial charge in [0.15, 0.2) is 0 Å². The number of carbonyl (C=O) groups excluding carboxylic acids is 1. The van der Waals surface area contributed by atoms with Crippen molar-refractivity contribution >= 4 is 29.4 Å². The average Bonchev–Trinajstić information content (AvgIpc) is 3.67. The third kappa shape index (κ3) is 3.54. The topological polar surface area (TPSA) is 20.1 Å². The minimum absolute atomic E-state index is 0.0582. The minimum atomic E-state index is -0.514. The molecule has 2 fully saturated rings. The van der Waals surface area contributed by atoms with E-state index in [1.165, 1.54) is 23.1 Å². The van der Waals surface area contributed by atoms with Gasteiger partial charge in [-0.25, -0.2) is 0 Å². The molecule has 35 heavy (non-hydrogen) atoms. The summed E-state index contributed by atoms with van der Waals surface area (Å²) in [4.78, 5) is 16.5. The van der Waals surface area contributed by atoms with Gasteiger partial charge < -0.3 is 4.90 Å². The predicted octanol–water partition coefficient (Wildman–Crippen LogP) is 7.50. The van der Waals surface area contributed by atoms with Crippen LogP contribution in [0.4, 0.5) is 0 Å². The Hall–Kier alpha value is -2.95. The standard InChI is InChI=1S/C31H27NOS2/c33-29(25-16-7-2-8-17-25)32-28(24-14-5-1-6-15-24)30(32,26-18-9-3-10-19-26)31(34-22-13-23-35-31)27-20-11-4-12-21-27/h1-12,14-21,28H,13,22-23H2/t28-,30-,32?/m1/s1. The highest BCUT2D eigenvalue weighted by molar-refractivity contribution is 8.18. The molecule has 1 amide bonds. The third-order valence-corrected chi connectivity index (χ3v) is 10.7. The number of hydrogen-bond donors (Lipinski definition) is 0. The highest BCUT2D eigenvalue weighted by Gasteiger charge is 2.77. The highest BCUT2D eigenvalue weighted by atomic mass is 32.2. The van der Waals surface area contributed by atoms with E-state index in [9.17, 15) is 4.79 Å². The van der Waals surface area contributed by atoms with Gasteiger partial charge in [-0.1, -0.05) is 109 Å². The summed E-state index contributed by atoms with van der Waals surface area (Å²) in [6, 6.07) is 41.9. The van der Waals surface area contributed by atoms with E-state index in [4.69, 9.17) is 0 Å². The van der Waals surface area contributed by atoms with Crippen LogP contribution in [0, 0.1) is 0 Å². The van der Waals surface area contributed by atoms with E-state index in [0.29, 0.717) is 0 Å². The molecule has 6 rings (SSSR count). The van der Waals surface area contributed by atoms with Crippen LogP contribution in [0.1, 0.15) is 39.5 Å². The summed E-state index contributed by atoms with van der Waals surface area (Å²) >= 11 is 4.02. The van der Waals surface area contributed by atoms with Crippen molar-refractivity contribution in [2.45, 2.75) is 22.1 Å². The van der Waals surface area contributed by atoms with Crippen molar-refractivity contribution in [2.24, 2.45) is 0 Å². The Morgan fingerprint density at radius 3 is 1.71 bits per heavy atom. The molecule has 0 radical (unpaired) electrons. The Balaban J connectivity index is 1.64. The molecule has 2 aliphatic heterocycles. The summed E-state index contributed by atoms with van der Waals surface area (Å²) in [5.74, 6) is 2.24. The molecule has 0 N–H and O–H groups in total. The summed E-state index contributed by atoms with van der Waals surface area (Å²) in [5, 5.41) is 0. The maximum atomic E-state index is 14.3. The van der Waals surface area contributed by atoms with Crippen LogP contribution in [-0.4, -0.2) is 22.3 Å². The molecule has 0 unspecified atom stereocenters. The van der Waals surface area contributed by atoms with Crippen LogP contribution < -0.4 is 0 Å². The van der Waals surface area contributed by atoms with Gasteiger partial charge in [-0.2, -0.15) is 0 Å². The summed E-state index contributed by atoms with van der Waals surface area (Å²) in [5.41, 5.74) is 3.88. The van der Waals surface area contributed by atoms with E-state index in [-0.39, 0.29) is 16.0 Å². The van der Waals surface area contributed by atoms with Gasteiger partial charge in [0.2, 0.25) is 0 Å². The molecule has 0 bridgehead atoms. The van der Waals surface area contributed by atoms with Crippen molar-refractivity contribution in [3.8, 4) is 0 Å². The first-order valence-corrected chi connectivity index (χ1v) is 14.1. The molecule has 4 aromatic rings. The number of thioether (sulfide) groups is 2. The summed E-state index contributed by atoms with van der Waals surface area (Å²) in [7, 11) is 0. The normalized spacial score (nSPS) is 23.0. The van der Waals surface area contributed by atoms with Crippen LogP contribution in [0.3, 0.4) is 0 Å². The Morgan fingerprint density at radius 1 is 0.657 bits per heavy atom. The van der Waals surface area contributed by atoms with Crippen molar-refractivity contribution < 1.29 is 4.79 Å². The van der Waals surface area contributed by atoms with E-state index in [1.807, 2.05) is 53.9 Å². The molecule has 2 saturated heterocycles. The van der Waals surface area contributed by atoms with Gasteiger partial charge in [0.25, 0.3) is 5.91 Å². The van der Waals surface area contributed by atoms with Gasteiger partial charge in [-0.05, 0) is 46.7 Å². The number of nitrogens with zero attached hydrogens (tertiary/aromatic N) is 1. The summed E-state index contributed by atoms with van der Waals surface area (Å²) in [6.07, 6.45) is 1.18. The SMILES string of the molecule is O=C(c1ccccc1)N1[C@H](c2ccccc2)[C@]1(c1ccccc1)C1(c2ccccc2)SCCCS1. The Bertz CT molecular complexity index is 1290. The van der Waals surface area contributed by atoms with Crippen molar-refractivity contribution in [2.75, 3.05) is 11.5 Å². The second-order valence-electron chi connectivity index (χ2n) is 9.02. The third-order valence-electron chi connectivity index (χ3n) is 7.09. The number of carbonyl (C=O) groups is 1. The van der Waals surface area contributed by atoms with Gasteiger partial charge >= 0.3 is 0 Å². The predicted molar refractivity (Wildman–Crippen MR) is 148 cm³/mol. The summed E-state index contributed by atoms with van der Waals surface area (Å²) in [6.45, 7) is 0. The molecular formula is C31H27NOS2. The van der Waals surface area contributed by atoms with Crippen LogP contribution >= 0.6 is 23.5 Å². The van der Waals surface area contributed by atoms with E-state index in [1.54, 1.807) is 0 Å². The average molecular weight is 494 g/mol. The largest absolute Gasteiger partial charge is 0.314 e. The highest BCUT2D eigenvalue weighted by Crippen LogP contribution is 2.76. The molecule has 4 heteroatoms. The fourth-order valence-corrected chi connectivity index (χ4v) is 9.50. The van der Waals surface area contributed by atoms with Crippen LogP contribution in [0.5, 0.6) is 0 Å². The van der Waals surface area contributed by atoms with Crippen molar-refractivity contribution in [1.29, 1.82) is 0 Å². The first-order valence-electron chi connectivity index (χ1n) is 12.1. The second kappa shape index (κ2) is 9.25. The van der Waals surface area contributed by atoms with Gasteiger partial charge in [0, 0.05) is 5.56 Å². The maximum Gasteiger partial charge on any atom is 0.255 e. The lowest BCUT2D eigenvalue weighted by Gasteiger charge is -2.44. The second-order valence-corrected chi connectivity index (χ2v) is 11.9. The first kappa shape index (κ1) is 22.5. The fourth-order valence-electron chi connectivity index (χ4n) is 5.63. The minimum Gasteiger partial charge on any atom is -0.314 e. The van der Waals surface area contributed by atoms with Gasteiger partial charge in [0.05, 0.1) is 6.04 Å². The van der Waals surface area contributed by atoms with Crippen molar-refractivity contribution in [1.82, 2.24) is 4.90 Å². The van der Waals surface area contributed by atoms with Crippen LogP contribution in [-0.2, 0) is 9.62 Å².